The summed E-state index contributed by atoms with van der Waals surface area (Å²) < 4.78 is 5.29. The fourth-order valence-corrected chi connectivity index (χ4v) is 1.60. The van der Waals surface area contributed by atoms with Gasteiger partial charge in [-0.15, -0.1) is 0 Å². The van der Waals surface area contributed by atoms with Crippen LogP contribution in [0.5, 0.6) is 0 Å². The largest absolute Gasteiger partial charge is 0.449 e. The molecule has 102 valence electrons. The lowest BCUT2D eigenvalue weighted by Crippen LogP contribution is -2.33. The molecule has 3 nitrogen and oxygen atoms in total. The molecule has 3 heteroatoms. The second-order valence-corrected chi connectivity index (χ2v) is 4.52. The summed E-state index contributed by atoms with van der Waals surface area (Å²) in [6.07, 6.45) is 7.52. The average molecular weight is 243 g/mol. The lowest BCUT2D eigenvalue weighted by atomic mass is 10.3. The molecule has 0 aromatic rings. The van der Waals surface area contributed by atoms with Gasteiger partial charge in [0.1, 0.15) is 0 Å². The smallest absolute Gasteiger partial charge is 0.409 e. The zero-order chi connectivity index (χ0) is 12.9. The van der Waals surface area contributed by atoms with Crippen molar-refractivity contribution in [1.29, 1.82) is 0 Å². The normalized spacial score (nSPS) is 10.3. The Balaban J connectivity index is 3.85. The lowest BCUT2D eigenvalue weighted by Gasteiger charge is -2.21. The summed E-state index contributed by atoms with van der Waals surface area (Å²) in [5.41, 5.74) is 0. The van der Waals surface area contributed by atoms with Crippen LogP contribution in [0.4, 0.5) is 4.79 Å². The molecule has 0 aliphatic rings. The molecule has 0 fully saturated rings. The van der Waals surface area contributed by atoms with Crippen molar-refractivity contribution < 1.29 is 9.53 Å². The first kappa shape index (κ1) is 16.3. The van der Waals surface area contributed by atoms with Crippen LogP contribution in [0.2, 0.25) is 0 Å². The summed E-state index contributed by atoms with van der Waals surface area (Å²) in [6, 6.07) is 0. The van der Waals surface area contributed by atoms with E-state index in [9.17, 15) is 4.79 Å². The highest BCUT2D eigenvalue weighted by atomic mass is 16.6. The molecule has 0 aliphatic carbocycles. The molecule has 0 bridgehead atoms. The second kappa shape index (κ2) is 11.7. The maximum atomic E-state index is 11.8. The number of hydrogen-bond acceptors (Lipinski definition) is 2. The molecule has 0 radical (unpaired) electrons. The van der Waals surface area contributed by atoms with Crippen molar-refractivity contribution in [3.8, 4) is 0 Å². The maximum absolute atomic E-state index is 11.8. The number of rotatable bonds is 10. The molecule has 0 unspecified atom stereocenters. The Morgan fingerprint density at radius 3 is 1.88 bits per heavy atom. The molecule has 0 atom stereocenters. The fraction of sp³-hybridized carbons (Fsp3) is 0.929. The van der Waals surface area contributed by atoms with E-state index in [1.54, 1.807) is 0 Å². The molecular formula is C14H29NO2. The minimum Gasteiger partial charge on any atom is -0.449 e. The summed E-state index contributed by atoms with van der Waals surface area (Å²) in [5.74, 6) is 0. The van der Waals surface area contributed by atoms with Gasteiger partial charge in [0.2, 0.25) is 0 Å². The number of amides is 1. The standard InChI is InChI=1S/C14H29NO2/c1-4-7-10-13-17-14(16)15(11-8-5-2)12-9-6-3/h4-13H2,1-3H3. The summed E-state index contributed by atoms with van der Waals surface area (Å²) in [4.78, 5) is 13.7. The maximum Gasteiger partial charge on any atom is 0.409 e. The van der Waals surface area contributed by atoms with Crippen LogP contribution < -0.4 is 0 Å². The third kappa shape index (κ3) is 9.02. The van der Waals surface area contributed by atoms with Crippen molar-refractivity contribution in [1.82, 2.24) is 4.90 Å². The molecule has 0 heterocycles. The Hall–Kier alpha value is -0.730. The predicted molar refractivity (Wildman–Crippen MR) is 72.3 cm³/mol. The third-order valence-corrected chi connectivity index (χ3v) is 2.79. The minimum atomic E-state index is -0.122. The van der Waals surface area contributed by atoms with Gasteiger partial charge < -0.3 is 9.64 Å². The lowest BCUT2D eigenvalue weighted by molar-refractivity contribution is 0.0995. The molecule has 0 spiro atoms. The van der Waals surface area contributed by atoms with E-state index in [-0.39, 0.29) is 6.09 Å². The number of carbonyl (C=O) groups is 1. The van der Waals surface area contributed by atoms with Gasteiger partial charge >= 0.3 is 6.09 Å². The Labute approximate surface area is 107 Å². The fourth-order valence-electron chi connectivity index (χ4n) is 1.60. The molecule has 0 aliphatic heterocycles. The van der Waals surface area contributed by atoms with Gasteiger partial charge in [0.15, 0.2) is 0 Å². The summed E-state index contributed by atoms with van der Waals surface area (Å²) in [5, 5.41) is 0. The highest BCUT2D eigenvalue weighted by molar-refractivity contribution is 5.67. The van der Waals surface area contributed by atoms with Gasteiger partial charge in [-0.05, 0) is 19.3 Å². The average Bonchev–Trinajstić information content (AvgIpc) is 2.34. The summed E-state index contributed by atoms with van der Waals surface area (Å²) in [6.45, 7) is 8.68. The molecule has 0 N–H and O–H groups in total. The highest BCUT2D eigenvalue weighted by Crippen LogP contribution is 2.03. The summed E-state index contributed by atoms with van der Waals surface area (Å²) in [7, 11) is 0. The molecule has 17 heavy (non-hydrogen) atoms. The number of nitrogens with zero attached hydrogens (tertiary/aromatic N) is 1. The van der Waals surface area contributed by atoms with E-state index in [1.807, 2.05) is 4.90 Å². The van der Waals surface area contributed by atoms with E-state index < -0.39 is 0 Å². The van der Waals surface area contributed by atoms with Gasteiger partial charge in [-0.2, -0.15) is 0 Å². The van der Waals surface area contributed by atoms with Crippen molar-refractivity contribution in [3.05, 3.63) is 0 Å². The first-order valence-electron chi connectivity index (χ1n) is 7.17. The van der Waals surface area contributed by atoms with Crippen molar-refractivity contribution in [2.45, 2.75) is 65.7 Å². The van der Waals surface area contributed by atoms with E-state index in [0.29, 0.717) is 6.61 Å². The third-order valence-electron chi connectivity index (χ3n) is 2.79. The van der Waals surface area contributed by atoms with E-state index in [4.69, 9.17) is 4.74 Å². The Kier molecular flexibility index (Phi) is 11.2. The summed E-state index contributed by atoms with van der Waals surface area (Å²) >= 11 is 0. The zero-order valence-corrected chi connectivity index (χ0v) is 11.8. The molecule has 1 amide bonds. The van der Waals surface area contributed by atoms with Crippen LogP contribution in [-0.2, 0) is 4.74 Å². The van der Waals surface area contributed by atoms with E-state index >= 15 is 0 Å². The molecular weight excluding hydrogens is 214 g/mol. The number of carbonyl (C=O) groups excluding carboxylic acids is 1. The second-order valence-electron chi connectivity index (χ2n) is 4.52. The zero-order valence-electron chi connectivity index (χ0n) is 11.8. The Morgan fingerprint density at radius 1 is 0.882 bits per heavy atom. The van der Waals surface area contributed by atoms with Crippen LogP contribution >= 0.6 is 0 Å². The van der Waals surface area contributed by atoms with Gasteiger partial charge in [-0.3, -0.25) is 0 Å². The first-order valence-corrected chi connectivity index (χ1v) is 7.17. The van der Waals surface area contributed by atoms with Crippen LogP contribution in [0.15, 0.2) is 0 Å². The Bertz CT molecular complexity index is 175. The van der Waals surface area contributed by atoms with Crippen molar-refractivity contribution in [3.63, 3.8) is 0 Å². The van der Waals surface area contributed by atoms with Crippen molar-refractivity contribution in [2.24, 2.45) is 0 Å². The molecule has 0 rings (SSSR count). The van der Waals surface area contributed by atoms with Crippen LogP contribution in [0, 0.1) is 0 Å². The van der Waals surface area contributed by atoms with Crippen molar-refractivity contribution in [2.75, 3.05) is 19.7 Å². The predicted octanol–water partition coefficient (Wildman–Crippen LogP) is 4.22. The van der Waals surface area contributed by atoms with Crippen LogP contribution in [0.3, 0.4) is 0 Å². The number of hydrogen-bond donors (Lipinski definition) is 0. The van der Waals surface area contributed by atoms with Crippen molar-refractivity contribution >= 4 is 6.09 Å². The first-order chi connectivity index (χ1) is 8.26. The van der Waals surface area contributed by atoms with E-state index in [0.717, 1.165) is 58.0 Å². The highest BCUT2D eigenvalue weighted by Gasteiger charge is 2.13. The van der Waals surface area contributed by atoms with Gasteiger partial charge in [0.25, 0.3) is 0 Å². The van der Waals surface area contributed by atoms with Crippen LogP contribution in [-0.4, -0.2) is 30.7 Å². The van der Waals surface area contributed by atoms with Crippen LogP contribution in [0.25, 0.3) is 0 Å². The van der Waals surface area contributed by atoms with Gasteiger partial charge in [0.05, 0.1) is 6.61 Å². The molecule has 0 saturated heterocycles. The minimum absolute atomic E-state index is 0.122. The Morgan fingerprint density at radius 2 is 1.41 bits per heavy atom. The SMILES string of the molecule is CCCCCOC(=O)N(CCCC)CCCC. The van der Waals surface area contributed by atoms with Gasteiger partial charge in [-0.1, -0.05) is 46.5 Å². The van der Waals surface area contributed by atoms with Crippen LogP contribution in [0.1, 0.15) is 65.7 Å². The molecule has 0 aromatic heterocycles. The van der Waals surface area contributed by atoms with Gasteiger partial charge in [-0.25, -0.2) is 4.79 Å². The van der Waals surface area contributed by atoms with Gasteiger partial charge in [0, 0.05) is 13.1 Å². The molecule has 0 saturated carbocycles. The number of ether oxygens (including phenoxy) is 1. The van der Waals surface area contributed by atoms with E-state index in [2.05, 4.69) is 20.8 Å². The topological polar surface area (TPSA) is 29.5 Å². The number of unbranched alkanes of at least 4 members (excludes halogenated alkanes) is 4. The molecule has 0 aromatic carbocycles. The monoisotopic (exact) mass is 243 g/mol. The van der Waals surface area contributed by atoms with E-state index in [1.165, 1.54) is 0 Å². The quantitative estimate of drug-likeness (QED) is 0.538.